The second-order valence-electron chi connectivity index (χ2n) is 4.77. The molecular formula is C13H13N3O3. The Morgan fingerprint density at radius 2 is 2.05 bits per heavy atom. The van der Waals surface area contributed by atoms with E-state index in [0.29, 0.717) is 24.2 Å². The first-order valence-electron chi connectivity index (χ1n) is 6.10. The maximum Gasteiger partial charge on any atom is 0.255 e. The van der Waals surface area contributed by atoms with Crippen LogP contribution in [0, 0.1) is 0 Å². The summed E-state index contributed by atoms with van der Waals surface area (Å²) in [7, 11) is 0. The average molecular weight is 261 g/mol. The van der Waals surface area contributed by atoms with Crippen molar-refractivity contribution in [3.05, 3.63) is 29.3 Å². The van der Waals surface area contributed by atoms with E-state index >= 15 is 0 Å². The molecule has 2 aliphatic rings. The Labute approximate surface area is 109 Å². The van der Waals surface area contributed by atoms with Gasteiger partial charge in [0.05, 0.1) is 0 Å². The number of nitrogens with one attached hydrogen (secondary N) is 1. The van der Waals surface area contributed by atoms with E-state index < -0.39 is 11.9 Å². The second kappa shape index (κ2) is 4.08. The molecule has 1 unspecified atom stereocenters. The smallest absolute Gasteiger partial charge is 0.255 e. The van der Waals surface area contributed by atoms with E-state index in [1.807, 2.05) is 0 Å². The minimum absolute atomic E-state index is 0.197. The molecule has 19 heavy (non-hydrogen) atoms. The van der Waals surface area contributed by atoms with Gasteiger partial charge in [0.1, 0.15) is 6.04 Å². The summed E-state index contributed by atoms with van der Waals surface area (Å²) in [6.07, 6.45) is 0.621. The minimum Gasteiger partial charge on any atom is -0.398 e. The largest absolute Gasteiger partial charge is 0.398 e. The fraction of sp³-hybridized carbons (Fsp3) is 0.308. The molecule has 3 amide bonds. The van der Waals surface area contributed by atoms with Crippen LogP contribution in [-0.4, -0.2) is 28.7 Å². The summed E-state index contributed by atoms with van der Waals surface area (Å²) in [4.78, 5) is 36.7. The van der Waals surface area contributed by atoms with E-state index in [1.54, 1.807) is 18.2 Å². The van der Waals surface area contributed by atoms with Gasteiger partial charge in [0.15, 0.2) is 0 Å². The van der Waals surface area contributed by atoms with Crippen LogP contribution >= 0.6 is 0 Å². The quantitative estimate of drug-likeness (QED) is 0.424. The van der Waals surface area contributed by atoms with Crippen molar-refractivity contribution in [3.63, 3.8) is 0 Å². The summed E-state index contributed by atoms with van der Waals surface area (Å²) < 4.78 is 0. The number of nitrogens with two attached hydrogens (primary N) is 1. The lowest BCUT2D eigenvalue weighted by atomic mass is 10.1. The number of fused-ring (bicyclic) bond motifs is 1. The highest BCUT2D eigenvalue weighted by Crippen LogP contribution is 2.30. The fourth-order valence-corrected chi connectivity index (χ4v) is 2.61. The predicted molar refractivity (Wildman–Crippen MR) is 66.9 cm³/mol. The molecule has 3 N–H and O–H groups in total. The number of hydrogen-bond donors (Lipinski definition) is 2. The zero-order valence-electron chi connectivity index (χ0n) is 10.2. The number of anilines is 1. The molecule has 98 valence electrons. The maximum atomic E-state index is 12.3. The van der Waals surface area contributed by atoms with Gasteiger partial charge in [-0.2, -0.15) is 0 Å². The van der Waals surface area contributed by atoms with Gasteiger partial charge < -0.3 is 10.6 Å². The normalized spacial score (nSPS) is 22.4. The van der Waals surface area contributed by atoms with Gasteiger partial charge in [0.25, 0.3) is 5.91 Å². The summed E-state index contributed by atoms with van der Waals surface area (Å²) in [5, 5.41) is 2.27. The van der Waals surface area contributed by atoms with Crippen molar-refractivity contribution < 1.29 is 14.4 Å². The molecule has 6 nitrogen and oxygen atoms in total. The van der Waals surface area contributed by atoms with Crippen LogP contribution in [0.5, 0.6) is 0 Å². The van der Waals surface area contributed by atoms with Crippen molar-refractivity contribution in [2.24, 2.45) is 0 Å². The molecule has 2 heterocycles. The minimum atomic E-state index is -0.586. The third-order valence-electron chi connectivity index (χ3n) is 3.62. The Bertz CT molecular complexity index is 597. The van der Waals surface area contributed by atoms with Gasteiger partial charge >= 0.3 is 0 Å². The molecule has 0 bridgehead atoms. The monoisotopic (exact) mass is 261 g/mol. The van der Waals surface area contributed by atoms with Crippen molar-refractivity contribution >= 4 is 23.4 Å². The first kappa shape index (κ1) is 11.7. The SMILES string of the molecule is Nc1cccc2c1CN([13CH]1[13CH2]CC(=O)NC1=O)C2=O. The van der Waals surface area contributed by atoms with Crippen molar-refractivity contribution in [2.75, 3.05) is 5.73 Å². The van der Waals surface area contributed by atoms with Crippen LogP contribution < -0.4 is 11.1 Å². The fourth-order valence-electron chi connectivity index (χ4n) is 2.61. The summed E-state index contributed by atoms with van der Waals surface area (Å²) in [6, 6.07) is 4.58. The Morgan fingerprint density at radius 1 is 1.26 bits per heavy atom. The Balaban J connectivity index is 1.90. The van der Waals surface area contributed by atoms with Crippen LogP contribution in [0.25, 0.3) is 0 Å². The van der Waals surface area contributed by atoms with Gasteiger partial charge in [0.2, 0.25) is 11.8 Å². The van der Waals surface area contributed by atoms with Crippen LogP contribution in [0.15, 0.2) is 18.2 Å². The molecule has 0 aliphatic carbocycles. The third kappa shape index (κ3) is 1.76. The van der Waals surface area contributed by atoms with E-state index in [1.165, 1.54) is 4.90 Å². The first-order valence-corrected chi connectivity index (χ1v) is 6.10. The summed E-state index contributed by atoms with van der Waals surface area (Å²) in [5.74, 6) is -0.891. The molecule has 3 rings (SSSR count). The molecule has 0 spiro atoms. The zero-order valence-corrected chi connectivity index (χ0v) is 10.2. The van der Waals surface area contributed by atoms with Gasteiger partial charge in [-0.3, -0.25) is 19.7 Å². The average Bonchev–Trinajstić information content (AvgIpc) is 2.69. The van der Waals surface area contributed by atoms with Gasteiger partial charge in [-0.25, -0.2) is 0 Å². The molecule has 1 aromatic rings. The number of nitrogens with zero attached hydrogens (tertiary/aromatic N) is 1. The lowest BCUT2D eigenvalue weighted by molar-refractivity contribution is -0.136. The number of benzene rings is 1. The molecule has 1 fully saturated rings. The number of hydrogen-bond acceptors (Lipinski definition) is 4. The van der Waals surface area contributed by atoms with Crippen LogP contribution in [0.3, 0.4) is 0 Å². The van der Waals surface area contributed by atoms with E-state index in [2.05, 4.69) is 5.32 Å². The number of carbonyl (C=O) groups is 3. The highest BCUT2D eigenvalue weighted by molar-refractivity contribution is 6.06. The van der Waals surface area contributed by atoms with Gasteiger partial charge in [-0.1, -0.05) is 6.07 Å². The molecular weight excluding hydrogens is 248 g/mol. The Kier molecular flexibility index (Phi) is 2.51. The van der Waals surface area contributed by atoms with E-state index in [-0.39, 0.29) is 18.2 Å². The number of rotatable bonds is 1. The predicted octanol–water partition coefficient (Wildman–Crippen LogP) is 0.0298. The zero-order chi connectivity index (χ0) is 13.6. The van der Waals surface area contributed by atoms with Crippen LogP contribution in [0.4, 0.5) is 5.69 Å². The highest BCUT2D eigenvalue weighted by Gasteiger charge is 2.39. The van der Waals surface area contributed by atoms with Crippen molar-refractivity contribution in [1.29, 1.82) is 0 Å². The lowest BCUT2D eigenvalue weighted by Crippen LogP contribution is -2.52. The summed E-state index contributed by atoms with van der Waals surface area (Å²) >= 11 is 0. The highest BCUT2D eigenvalue weighted by atomic mass is 16.2. The third-order valence-corrected chi connectivity index (χ3v) is 3.62. The molecule has 0 aromatic heterocycles. The van der Waals surface area contributed by atoms with E-state index in [9.17, 15) is 14.4 Å². The molecule has 2 aliphatic heterocycles. The molecule has 0 saturated carbocycles. The molecule has 0 radical (unpaired) electrons. The maximum absolute atomic E-state index is 12.3. The number of piperidine rings is 1. The molecule has 6 heteroatoms. The van der Waals surface area contributed by atoms with Crippen LogP contribution in [0.1, 0.15) is 28.8 Å². The number of imide groups is 1. The Morgan fingerprint density at radius 3 is 2.74 bits per heavy atom. The van der Waals surface area contributed by atoms with Crippen molar-refractivity contribution in [2.45, 2.75) is 25.4 Å². The van der Waals surface area contributed by atoms with Crippen molar-refractivity contribution in [1.82, 2.24) is 10.2 Å². The number of carbonyl (C=O) groups excluding carboxylic acids is 3. The number of nitrogen functional groups attached to an aromatic ring is 1. The topological polar surface area (TPSA) is 92.5 Å². The first-order chi connectivity index (χ1) is 9.08. The summed E-state index contributed by atoms with van der Waals surface area (Å²) in [6.45, 7) is 0.327. The van der Waals surface area contributed by atoms with Crippen molar-refractivity contribution in [3.8, 4) is 0 Å². The van der Waals surface area contributed by atoms with Crippen LogP contribution in [-0.2, 0) is 16.1 Å². The lowest BCUT2D eigenvalue weighted by Gasteiger charge is -2.29. The Hall–Kier alpha value is -2.37. The molecule has 1 atom stereocenters. The number of amides is 3. The molecule has 1 aromatic carbocycles. The van der Waals surface area contributed by atoms with E-state index in [0.717, 1.165) is 5.56 Å². The van der Waals surface area contributed by atoms with Gasteiger partial charge in [0, 0.05) is 29.8 Å². The van der Waals surface area contributed by atoms with Crippen LogP contribution in [0.2, 0.25) is 0 Å². The van der Waals surface area contributed by atoms with Gasteiger partial charge in [-0.15, -0.1) is 0 Å². The van der Waals surface area contributed by atoms with Gasteiger partial charge in [-0.05, 0) is 18.6 Å². The standard InChI is InChI=1S/C13H13N3O3/c14-9-3-1-2-7-8(9)6-16(13(7)19)10-4-5-11(17)15-12(10)18/h1-3,10H,4-6,14H2,(H,15,17,18)/i4+1,10+1. The second-order valence-corrected chi connectivity index (χ2v) is 4.77. The molecule has 1 saturated heterocycles. The summed E-state index contributed by atoms with van der Waals surface area (Å²) in [5.41, 5.74) is 7.71. The van der Waals surface area contributed by atoms with E-state index in [4.69, 9.17) is 5.73 Å².